The number of halogens is 2. The number of phenolic OH excluding ortho intramolecular Hbond substituents is 1. The number of rotatable bonds is 6. The van der Waals surface area contributed by atoms with Gasteiger partial charge in [0.15, 0.2) is 0 Å². The molecule has 0 aliphatic carbocycles. The van der Waals surface area contributed by atoms with Gasteiger partial charge in [-0.25, -0.2) is 4.98 Å². The van der Waals surface area contributed by atoms with Crippen molar-refractivity contribution in [2.24, 2.45) is 0 Å². The Hall–Kier alpha value is -1.23. The predicted octanol–water partition coefficient (Wildman–Crippen LogP) is 3.14. The molecule has 1 aromatic heterocycles. The number of imidazole rings is 1. The van der Waals surface area contributed by atoms with Crippen molar-refractivity contribution in [2.75, 3.05) is 6.54 Å². The highest BCUT2D eigenvalue weighted by Gasteiger charge is 2.07. The van der Waals surface area contributed by atoms with Gasteiger partial charge in [0.25, 0.3) is 0 Å². The van der Waals surface area contributed by atoms with Crippen molar-refractivity contribution in [2.45, 2.75) is 19.4 Å². The van der Waals surface area contributed by atoms with Gasteiger partial charge < -0.3 is 15.4 Å². The van der Waals surface area contributed by atoms with Crippen LogP contribution >= 0.6 is 23.2 Å². The third kappa shape index (κ3) is 4.13. The van der Waals surface area contributed by atoms with E-state index in [-0.39, 0.29) is 10.8 Å². The van der Waals surface area contributed by atoms with Crippen LogP contribution in [0.5, 0.6) is 5.75 Å². The monoisotopic (exact) mass is 299 g/mol. The van der Waals surface area contributed by atoms with E-state index >= 15 is 0 Å². The maximum absolute atomic E-state index is 9.78. The van der Waals surface area contributed by atoms with Gasteiger partial charge in [-0.05, 0) is 25.1 Å². The highest BCUT2D eigenvalue weighted by molar-refractivity contribution is 6.35. The Bertz CT molecular complexity index is 529. The van der Waals surface area contributed by atoms with Crippen molar-refractivity contribution in [1.82, 2.24) is 15.3 Å². The molecule has 0 atom stereocenters. The minimum absolute atomic E-state index is 0.0876. The van der Waals surface area contributed by atoms with Gasteiger partial charge in [-0.1, -0.05) is 23.2 Å². The van der Waals surface area contributed by atoms with Crippen LogP contribution in [0.4, 0.5) is 0 Å². The highest BCUT2D eigenvalue weighted by Crippen LogP contribution is 2.30. The van der Waals surface area contributed by atoms with E-state index in [1.54, 1.807) is 12.3 Å². The molecule has 0 aliphatic rings. The van der Waals surface area contributed by atoms with Crippen molar-refractivity contribution < 1.29 is 5.11 Å². The first-order valence-corrected chi connectivity index (χ1v) is 6.78. The zero-order valence-corrected chi connectivity index (χ0v) is 11.8. The van der Waals surface area contributed by atoms with Gasteiger partial charge in [0.05, 0.1) is 5.02 Å². The Labute approximate surface area is 121 Å². The molecule has 4 nitrogen and oxygen atoms in total. The number of phenols is 1. The molecule has 0 bridgehead atoms. The predicted molar refractivity (Wildman–Crippen MR) is 76.7 cm³/mol. The SMILES string of the molecule is Oc1c(Cl)cc(Cl)cc1CNCCCc1ncc[nH]1. The van der Waals surface area contributed by atoms with E-state index in [9.17, 15) is 5.11 Å². The molecule has 19 heavy (non-hydrogen) atoms. The zero-order valence-electron chi connectivity index (χ0n) is 10.3. The van der Waals surface area contributed by atoms with Crippen LogP contribution in [0.3, 0.4) is 0 Å². The summed E-state index contributed by atoms with van der Waals surface area (Å²) in [5, 5.41) is 13.8. The largest absolute Gasteiger partial charge is 0.506 e. The third-order valence-electron chi connectivity index (χ3n) is 2.74. The van der Waals surface area contributed by atoms with Crippen LogP contribution in [0.25, 0.3) is 0 Å². The van der Waals surface area contributed by atoms with Crippen molar-refractivity contribution in [3.63, 3.8) is 0 Å². The second kappa shape index (κ2) is 6.80. The number of nitrogens with one attached hydrogen (secondary N) is 2. The first-order valence-electron chi connectivity index (χ1n) is 6.02. The highest BCUT2D eigenvalue weighted by atomic mass is 35.5. The molecular formula is C13H15Cl2N3O. The number of aryl methyl sites for hydroxylation is 1. The lowest BCUT2D eigenvalue weighted by Crippen LogP contribution is -2.15. The number of hydrogen-bond donors (Lipinski definition) is 3. The van der Waals surface area contributed by atoms with E-state index in [4.69, 9.17) is 23.2 Å². The maximum Gasteiger partial charge on any atom is 0.138 e. The molecule has 102 valence electrons. The van der Waals surface area contributed by atoms with Crippen LogP contribution < -0.4 is 5.32 Å². The molecular weight excluding hydrogens is 285 g/mol. The topological polar surface area (TPSA) is 60.9 Å². The third-order valence-corrected chi connectivity index (χ3v) is 3.25. The van der Waals surface area contributed by atoms with E-state index in [2.05, 4.69) is 15.3 Å². The van der Waals surface area contributed by atoms with Crippen molar-refractivity contribution in [3.05, 3.63) is 46.0 Å². The van der Waals surface area contributed by atoms with Crippen LogP contribution in [0, 0.1) is 0 Å². The summed E-state index contributed by atoms with van der Waals surface area (Å²) >= 11 is 11.7. The molecule has 2 aromatic rings. The van der Waals surface area contributed by atoms with Gasteiger partial charge in [-0.2, -0.15) is 0 Å². The lowest BCUT2D eigenvalue weighted by atomic mass is 10.2. The summed E-state index contributed by atoms with van der Waals surface area (Å²) in [6.07, 6.45) is 5.41. The smallest absolute Gasteiger partial charge is 0.138 e. The summed E-state index contributed by atoms with van der Waals surface area (Å²) in [6, 6.07) is 3.24. The van der Waals surface area contributed by atoms with Gasteiger partial charge in [-0.15, -0.1) is 0 Å². The molecule has 2 rings (SSSR count). The fourth-order valence-corrected chi connectivity index (χ4v) is 2.33. The first-order chi connectivity index (χ1) is 9.16. The van der Waals surface area contributed by atoms with Gasteiger partial charge >= 0.3 is 0 Å². The quantitative estimate of drug-likeness (QED) is 0.718. The molecule has 0 aliphatic heterocycles. The average Bonchev–Trinajstić information content (AvgIpc) is 2.87. The number of hydrogen-bond acceptors (Lipinski definition) is 3. The Kier molecular flexibility index (Phi) is 5.07. The molecule has 1 aromatic carbocycles. The second-order valence-corrected chi connectivity index (χ2v) is 5.06. The van der Waals surface area contributed by atoms with E-state index in [1.807, 2.05) is 6.20 Å². The summed E-state index contributed by atoms with van der Waals surface area (Å²) in [5.74, 6) is 1.07. The lowest BCUT2D eigenvalue weighted by Gasteiger charge is -2.08. The summed E-state index contributed by atoms with van der Waals surface area (Å²) in [4.78, 5) is 7.21. The molecule has 1 heterocycles. The van der Waals surface area contributed by atoms with E-state index in [1.165, 1.54) is 6.07 Å². The molecule has 0 spiro atoms. The van der Waals surface area contributed by atoms with Crippen LogP contribution in [0.1, 0.15) is 17.8 Å². The minimum Gasteiger partial charge on any atom is -0.506 e. The van der Waals surface area contributed by atoms with Crippen LogP contribution in [0.15, 0.2) is 24.5 Å². The second-order valence-electron chi connectivity index (χ2n) is 4.21. The summed E-state index contributed by atoms with van der Waals surface area (Å²) in [7, 11) is 0. The standard InChI is InChI=1S/C13H15Cl2N3O/c14-10-6-9(13(19)11(15)7-10)8-16-3-1-2-12-17-4-5-18-12/h4-7,16,19H,1-3,8H2,(H,17,18). The molecule has 0 saturated carbocycles. The van der Waals surface area contributed by atoms with E-state index in [0.29, 0.717) is 17.1 Å². The summed E-state index contributed by atoms with van der Waals surface area (Å²) < 4.78 is 0. The number of aromatic nitrogens is 2. The number of benzene rings is 1. The fourth-order valence-electron chi connectivity index (χ4n) is 1.79. The Morgan fingerprint density at radius 2 is 2.16 bits per heavy atom. The van der Waals surface area contributed by atoms with E-state index in [0.717, 1.165) is 25.2 Å². The Morgan fingerprint density at radius 3 is 2.89 bits per heavy atom. The first kappa shape index (κ1) is 14.2. The number of aromatic amines is 1. The van der Waals surface area contributed by atoms with Crippen molar-refractivity contribution in [3.8, 4) is 5.75 Å². The number of H-pyrrole nitrogens is 1. The van der Waals surface area contributed by atoms with Crippen molar-refractivity contribution >= 4 is 23.2 Å². The van der Waals surface area contributed by atoms with Gasteiger partial charge in [0.1, 0.15) is 11.6 Å². The molecule has 0 radical (unpaired) electrons. The normalized spacial score (nSPS) is 10.8. The average molecular weight is 300 g/mol. The zero-order chi connectivity index (χ0) is 13.7. The van der Waals surface area contributed by atoms with Crippen molar-refractivity contribution in [1.29, 1.82) is 0 Å². The molecule has 0 fully saturated rings. The summed E-state index contributed by atoms with van der Waals surface area (Å²) in [5.41, 5.74) is 0.704. The van der Waals surface area contributed by atoms with Crippen LogP contribution in [-0.4, -0.2) is 21.6 Å². The molecule has 3 N–H and O–H groups in total. The van der Waals surface area contributed by atoms with Gasteiger partial charge in [0.2, 0.25) is 0 Å². The summed E-state index contributed by atoms with van der Waals surface area (Å²) in [6.45, 7) is 1.36. The number of aromatic hydroxyl groups is 1. The van der Waals surface area contributed by atoms with Crippen LogP contribution in [-0.2, 0) is 13.0 Å². The Balaban J connectivity index is 1.76. The van der Waals surface area contributed by atoms with Crippen LogP contribution in [0.2, 0.25) is 10.0 Å². The fraction of sp³-hybridized carbons (Fsp3) is 0.308. The lowest BCUT2D eigenvalue weighted by molar-refractivity contribution is 0.464. The molecule has 6 heteroatoms. The Morgan fingerprint density at radius 1 is 1.32 bits per heavy atom. The van der Waals surface area contributed by atoms with E-state index < -0.39 is 0 Å². The molecule has 0 saturated heterocycles. The number of nitrogens with zero attached hydrogens (tertiary/aromatic N) is 1. The molecule has 0 unspecified atom stereocenters. The van der Waals surface area contributed by atoms with Gasteiger partial charge in [0, 0.05) is 35.9 Å². The minimum atomic E-state index is 0.0876. The maximum atomic E-state index is 9.78. The van der Waals surface area contributed by atoms with Gasteiger partial charge in [-0.3, -0.25) is 0 Å². The molecule has 0 amide bonds.